The lowest BCUT2D eigenvalue weighted by molar-refractivity contribution is 0.834. The predicted molar refractivity (Wildman–Crippen MR) is 41.5 cm³/mol. The standard InChI is InChI=1S/C10H8/c1-2-5-9-7-4-8-10(9)6-3-1/h2,4-7,10H,8H2. The Kier molecular flexibility index (Phi) is 1.22. The second-order valence-electron chi connectivity index (χ2n) is 2.53. The van der Waals surface area contributed by atoms with E-state index in [1.165, 1.54) is 5.57 Å². The van der Waals surface area contributed by atoms with E-state index < -0.39 is 0 Å². The van der Waals surface area contributed by atoms with E-state index in [0.717, 1.165) is 6.42 Å². The number of fused-ring (bicyclic) bond motifs is 1. The number of rotatable bonds is 0. The van der Waals surface area contributed by atoms with E-state index in [0.29, 0.717) is 5.92 Å². The first-order valence-electron chi connectivity index (χ1n) is 3.51. The van der Waals surface area contributed by atoms with Crippen LogP contribution < -0.4 is 0 Å². The van der Waals surface area contributed by atoms with Crippen LogP contribution in [-0.4, -0.2) is 0 Å². The van der Waals surface area contributed by atoms with Crippen molar-refractivity contribution < 1.29 is 0 Å². The van der Waals surface area contributed by atoms with Gasteiger partial charge in [-0.1, -0.05) is 29.7 Å². The molecule has 0 radical (unpaired) electrons. The third-order valence-corrected chi connectivity index (χ3v) is 1.86. The highest BCUT2D eigenvalue weighted by Gasteiger charge is 2.11. The summed E-state index contributed by atoms with van der Waals surface area (Å²) in [5.74, 6) is 0.575. The van der Waals surface area contributed by atoms with E-state index in [2.05, 4.69) is 35.8 Å². The van der Waals surface area contributed by atoms with E-state index in [-0.39, 0.29) is 0 Å². The average Bonchev–Trinajstić information content (AvgIpc) is 2.28. The van der Waals surface area contributed by atoms with Crippen molar-refractivity contribution in [3.63, 3.8) is 0 Å². The Labute approximate surface area is 60.6 Å². The molecule has 1 unspecified atom stereocenters. The number of hydrogen-bond acceptors (Lipinski definition) is 0. The zero-order chi connectivity index (χ0) is 6.81. The summed E-state index contributed by atoms with van der Waals surface area (Å²) in [4.78, 5) is 0. The molecule has 0 heterocycles. The van der Waals surface area contributed by atoms with E-state index >= 15 is 0 Å². The summed E-state index contributed by atoms with van der Waals surface area (Å²) in [5, 5.41) is 0. The van der Waals surface area contributed by atoms with E-state index in [9.17, 15) is 0 Å². The van der Waals surface area contributed by atoms with Gasteiger partial charge in [0.1, 0.15) is 0 Å². The molecule has 0 amide bonds. The van der Waals surface area contributed by atoms with Crippen molar-refractivity contribution in [2.75, 3.05) is 0 Å². The lowest BCUT2D eigenvalue weighted by Crippen LogP contribution is -1.89. The highest BCUT2D eigenvalue weighted by Crippen LogP contribution is 2.25. The van der Waals surface area contributed by atoms with Crippen molar-refractivity contribution in [2.45, 2.75) is 6.42 Å². The quantitative estimate of drug-likeness (QED) is 0.439. The maximum absolute atomic E-state index is 3.00. The normalized spacial score (nSPS) is 26.4. The summed E-state index contributed by atoms with van der Waals surface area (Å²) in [6.07, 6.45) is 11.6. The van der Waals surface area contributed by atoms with Gasteiger partial charge in [0, 0.05) is 5.92 Å². The molecule has 0 saturated carbocycles. The van der Waals surface area contributed by atoms with Crippen molar-refractivity contribution in [2.24, 2.45) is 5.92 Å². The molecule has 0 aromatic carbocycles. The molecule has 0 fully saturated rings. The lowest BCUT2D eigenvalue weighted by Gasteiger charge is -2.00. The Hall–Kier alpha value is -1.22. The van der Waals surface area contributed by atoms with Crippen LogP contribution in [0, 0.1) is 5.92 Å². The molecule has 0 aromatic rings. The molecule has 2 aliphatic rings. The van der Waals surface area contributed by atoms with Crippen LogP contribution >= 0.6 is 0 Å². The maximum atomic E-state index is 3.00. The Morgan fingerprint density at radius 3 is 3.40 bits per heavy atom. The maximum Gasteiger partial charge on any atom is 0.0135 e. The number of hydrogen-bond donors (Lipinski definition) is 0. The van der Waals surface area contributed by atoms with Crippen molar-refractivity contribution in [3.8, 4) is 0 Å². The minimum atomic E-state index is 0.575. The molecule has 2 rings (SSSR count). The first-order valence-corrected chi connectivity index (χ1v) is 3.51. The van der Waals surface area contributed by atoms with Gasteiger partial charge in [0.15, 0.2) is 0 Å². The van der Waals surface area contributed by atoms with Crippen molar-refractivity contribution in [1.29, 1.82) is 0 Å². The minimum absolute atomic E-state index is 0.575. The number of allylic oxidation sites excluding steroid dienone is 6. The van der Waals surface area contributed by atoms with Crippen LogP contribution in [0.1, 0.15) is 6.42 Å². The van der Waals surface area contributed by atoms with Gasteiger partial charge in [0.05, 0.1) is 0 Å². The van der Waals surface area contributed by atoms with Gasteiger partial charge < -0.3 is 0 Å². The van der Waals surface area contributed by atoms with E-state index in [1.807, 2.05) is 6.08 Å². The zero-order valence-electron chi connectivity index (χ0n) is 5.67. The molecule has 48 valence electrons. The summed E-state index contributed by atoms with van der Waals surface area (Å²) in [5.41, 5.74) is 7.32. The first-order chi connectivity index (χ1) is 4.97. The molecule has 0 saturated heterocycles. The van der Waals surface area contributed by atoms with Gasteiger partial charge in [-0.3, -0.25) is 0 Å². The summed E-state index contributed by atoms with van der Waals surface area (Å²) < 4.78 is 0. The smallest absolute Gasteiger partial charge is 0.0135 e. The zero-order valence-corrected chi connectivity index (χ0v) is 5.67. The SMILES string of the molecule is C1=C=CC2CC=CC2=CC=1. The minimum Gasteiger partial charge on any atom is -0.0833 e. The molecule has 1 atom stereocenters. The summed E-state index contributed by atoms with van der Waals surface area (Å²) in [6, 6.07) is 0. The molecule has 0 aromatic heterocycles. The Morgan fingerprint density at radius 2 is 2.40 bits per heavy atom. The third-order valence-electron chi connectivity index (χ3n) is 1.86. The second-order valence-corrected chi connectivity index (χ2v) is 2.53. The monoisotopic (exact) mass is 128 g/mol. The third kappa shape index (κ3) is 0.804. The van der Waals surface area contributed by atoms with Crippen LogP contribution in [-0.2, 0) is 0 Å². The Morgan fingerprint density at radius 1 is 1.40 bits per heavy atom. The van der Waals surface area contributed by atoms with Crippen LogP contribution in [0.5, 0.6) is 0 Å². The average molecular weight is 128 g/mol. The molecule has 0 nitrogen and oxygen atoms in total. The van der Waals surface area contributed by atoms with Gasteiger partial charge in [-0.2, -0.15) is 0 Å². The fourth-order valence-corrected chi connectivity index (χ4v) is 1.29. The molecule has 2 aliphatic carbocycles. The van der Waals surface area contributed by atoms with Crippen LogP contribution in [0.3, 0.4) is 0 Å². The van der Waals surface area contributed by atoms with Crippen LogP contribution in [0.15, 0.2) is 47.4 Å². The second kappa shape index (κ2) is 2.19. The Balaban J connectivity index is 2.45. The van der Waals surface area contributed by atoms with Crippen molar-refractivity contribution in [3.05, 3.63) is 47.4 Å². The van der Waals surface area contributed by atoms with Gasteiger partial charge in [0.25, 0.3) is 0 Å². The van der Waals surface area contributed by atoms with Crippen LogP contribution in [0.4, 0.5) is 0 Å². The highest BCUT2D eigenvalue weighted by molar-refractivity contribution is 5.35. The largest absolute Gasteiger partial charge is 0.0833 e. The summed E-state index contributed by atoms with van der Waals surface area (Å²) in [6.45, 7) is 0. The Bertz CT molecular complexity index is 290. The molecule has 0 spiro atoms. The summed E-state index contributed by atoms with van der Waals surface area (Å²) >= 11 is 0. The van der Waals surface area contributed by atoms with Gasteiger partial charge >= 0.3 is 0 Å². The van der Waals surface area contributed by atoms with Gasteiger partial charge in [-0.25, -0.2) is 0 Å². The van der Waals surface area contributed by atoms with E-state index in [4.69, 9.17) is 0 Å². The highest BCUT2D eigenvalue weighted by atomic mass is 14.2. The van der Waals surface area contributed by atoms with Crippen LogP contribution in [0.2, 0.25) is 0 Å². The first kappa shape index (κ1) is 5.56. The molecular formula is C10H8. The predicted octanol–water partition coefficient (Wildman–Crippen LogP) is 2.37. The molecular weight excluding hydrogens is 120 g/mol. The fraction of sp³-hybridized carbons (Fsp3) is 0.200. The van der Waals surface area contributed by atoms with Crippen molar-refractivity contribution >= 4 is 0 Å². The summed E-state index contributed by atoms with van der Waals surface area (Å²) in [7, 11) is 0. The molecule has 0 bridgehead atoms. The molecule has 0 N–H and O–H groups in total. The lowest BCUT2D eigenvalue weighted by atomic mass is 10.0. The van der Waals surface area contributed by atoms with Gasteiger partial charge in [-0.15, -0.1) is 0 Å². The fourth-order valence-electron chi connectivity index (χ4n) is 1.29. The van der Waals surface area contributed by atoms with Crippen molar-refractivity contribution in [1.82, 2.24) is 0 Å². The topological polar surface area (TPSA) is 0 Å². The van der Waals surface area contributed by atoms with Crippen LogP contribution in [0.25, 0.3) is 0 Å². The molecule has 0 aliphatic heterocycles. The molecule has 10 heavy (non-hydrogen) atoms. The van der Waals surface area contributed by atoms with Gasteiger partial charge in [-0.05, 0) is 24.1 Å². The van der Waals surface area contributed by atoms with Gasteiger partial charge in [0.2, 0.25) is 0 Å². The molecule has 0 heteroatoms. The van der Waals surface area contributed by atoms with E-state index in [1.54, 1.807) is 0 Å².